The molecule has 0 radical (unpaired) electrons. The van der Waals surface area contributed by atoms with Crippen molar-refractivity contribution in [2.24, 2.45) is 11.8 Å². The van der Waals surface area contributed by atoms with Crippen LogP contribution in [0.3, 0.4) is 0 Å². The van der Waals surface area contributed by atoms with E-state index in [2.05, 4.69) is 49.9 Å². The van der Waals surface area contributed by atoms with Gasteiger partial charge in [0.2, 0.25) is 0 Å². The minimum absolute atomic E-state index is 0.0283. The lowest BCUT2D eigenvalue weighted by Crippen LogP contribution is -2.66. The monoisotopic (exact) mass is 317 g/mol. The largest absolute Gasteiger partial charge is 0.389 e. The summed E-state index contributed by atoms with van der Waals surface area (Å²) in [7, 11) is 0. The molecule has 3 nitrogen and oxygen atoms in total. The van der Waals surface area contributed by atoms with Gasteiger partial charge in [-0.3, -0.25) is 4.90 Å². The summed E-state index contributed by atoms with van der Waals surface area (Å²) < 4.78 is 6.42. The maximum Gasteiger partial charge on any atom is 0.137 e. The molecule has 1 aromatic carbocycles. The van der Waals surface area contributed by atoms with Crippen molar-refractivity contribution in [1.82, 2.24) is 4.90 Å². The Bertz CT molecular complexity index is 514. The number of benzene rings is 1. The zero-order valence-electron chi connectivity index (χ0n) is 14.9. The molecule has 0 unspecified atom stereocenters. The number of hydrogen-bond acceptors (Lipinski definition) is 3. The number of hydrogen-bond donors (Lipinski definition) is 1. The second-order valence-corrected chi connectivity index (χ2v) is 8.10. The zero-order chi connectivity index (χ0) is 16.6. The van der Waals surface area contributed by atoms with Gasteiger partial charge in [0.15, 0.2) is 0 Å². The van der Waals surface area contributed by atoms with Gasteiger partial charge in [-0.15, -0.1) is 0 Å². The SMILES string of the molecule is C[C@@H]1CC[C@@H]2[C@@H](C1)O[C@@H]([C@@H](C)O)N(Cc1ccccc1)C2(C)C. The smallest absolute Gasteiger partial charge is 0.137 e. The molecule has 1 saturated carbocycles. The van der Waals surface area contributed by atoms with E-state index < -0.39 is 6.10 Å². The first kappa shape index (κ1) is 16.9. The van der Waals surface area contributed by atoms with E-state index in [1.807, 2.05) is 13.0 Å². The van der Waals surface area contributed by atoms with Crippen molar-refractivity contribution in [2.75, 3.05) is 0 Å². The minimum atomic E-state index is -0.490. The summed E-state index contributed by atoms with van der Waals surface area (Å²) >= 11 is 0. The lowest BCUT2D eigenvalue weighted by molar-refractivity contribution is -0.261. The summed E-state index contributed by atoms with van der Waals surface area (Å²) in [4.78, 5) is 2.38. The molecule has 3 rings (SSSR count). The van der Waals surface area contributed by atoms with Gasteiger partial charge in [-0.1, -0.05) is 43.7 Å². The predicted molar refractivity (Wildman–Crippen MR) is 92.9 cm³/mol. The molecule has 1 N–H and O–H groups in total. The van der Waals surface area contributed by atoms with Crippen LogP contribution in [0.1, 0.15) is 52.5 Å². The first-order chi connectivity index (χ1) is 10.9. The van der Waals surface area contributed by atoms with Gasteiger partial charge in [-0.05, 0) is 45.1 Å². The molecule has 1 saturated heterocycles. The molecule has 2 aliphatic rings. The van der Waals surface area contributed by atoms with Gasteiger partial charge in [0.05, 0.1) is 12.2 Å². The van der Waals surface area contributed by atoms with Crippen LogP contribution in [0.2, 0.25) is 0 Å². The number of fused-ring (bicyclic) bond motifs is 1. The van der Waals surface area contributed by atoms with Crippen molar-refractivity contribution in [3.63, 3.8) is 0 Å². The van der Waals surface area contributed by atoms with E-state index in [0.717, 1.165) is 18.9 Å². The average molecular weight is 317 g/mol. The number of aliphatic hydroxyl groups excluding tert-OH is 1. The number of ether oxygens (including phenoxy) is 1. The van der Waals surface area contributed by atoms with Crippen molar-refractivity contribution in [3.05, 3.63) is 35.9 Å². The van der Waals surface area contributed by atoms with Crippen LogP contribution in [-0.2, 0) is 11.3 Å². The molecule has 1 aliphatic heterocycles. The van der Waals surface area contributed by atoms with Crippen molar-refractivity contribution < 1.29 is 9.84 Å². The van der Waals surface area contributed by atoms with Crippen LogP contribution in [0.15, 0.2) is 30.3 Å². The highest BCUT2D eigenvalue weighted by molar-refractivity contribution is 5.16. The minimum Gasteiger partial charge on any atom is -0.389 e. The quantitative estimate of drug-likeness (QED) is 0.920. The second kappa shape index (κ2) is 6.54. The fourth-order valence-corrected chi connectivity index (χ4v) is 4.53. The zero-order valence-corrected chi connectivity index (χ0v) is 14.9. The standard InChI is InChI=1S/C20H31NO2/c1-14-10-11-17-18(12-14)23-19(15(2)22)21(20(17,3)4)13-16-8-6-5-7-9-16/h5-9,14-15,17-19,22H,10-13H2,1-4H3/t14-,15-,17-,18-,19+/m1/s1. The van der Waals surface area contributed by atoms with Crippen LogP contribution in [0.5, 0.6) is 0 Å². The Kier molecular flexibility index (Phi) is 4.82. The predicted octanol–water partition coefficient (Wildman–Crippen LogP) is 3.81. The van der Waals surface area contributed by atoms with Gasteiger partial charge in [0.1, 0.15) is 6.23 Å². The number of aliphatic hydroxyl groups is 1. The summed E-state index contributed by atoms with van der Waals surface area (Å²) in [5.41, 5.74) is 1.30. The van der Waals surface area contributed by atoms with Crippen LogP contribution in [0.25, 0.3) is 0 Å². The van der Waals surface area contributed by atoms with Crippen molar-refractivity contribution >= 4 is 0 Å². The van der Waals surface area contributed by atoms with Gasteiger partial charge in [-0.25, -0.2) is 0 Å². The molecule has 5 atom stereocenters. The van der Waals surface area contributed by atoms with Gasteiger partial charge in [0, 0.05) is 18.0 Å². The molecule has 0 aromatic heterocycles. The van der Waals surface area contributed by atoms with Crippen LogP contribution in [-0.4, -0.2) is 34.0 Å². The fourth-order valence-electron chi connectivity index (χ4n) is 4.53. The Balaban J connectivity index is 1.88. The summed E-state index contributed by atoms with van der Waals surface area (Å²) in [5, 5.41) is 10.3. The van der Waals surface area contributed by atoms with E-state index in [9.17, 15) is 5.11 Å². The van der Waals surface area contributed by atoms with E-state index in [0.29, 0.717) is 5.92 Å². The molecule has 0 spiro atoms. The molecule has 2 fully saturated rings. The summed E-state index contributed by atoms with van der Waals surface area (Å²) in [6.45, 7) is 9.66. The topological polar surface area (TPSA) is 32.7 Å². The molecule has 23 heavy (non-hydrogen) atoms. The van der Waals surface area contributed by atoms with Gasteiger partial charge in [-0.2, -0.15) is 0 Å². The molecule has 1 aromatic rings. The van der Waals surface area contributed by atoms with Gasteiger partial charge in [0.25, 0.3) is 0 Å². The third-order valence-electron chi connectivity index (χ3n) is 5.93. The Hall–Kier alpha value is -0.900. The normalized spacial score (nSPS) is 35.5. The second-order valence-electron chi connectivity index (χ2n) is 8.10. The third-order valence-corrected chi connectivity index (χ3v) is 5.93. The average Bonchev–Trinajstić information content (AvgIpc) is 2.50. The van der Waals surface area contributed by atoms with E-state index in [-0.39, 0.29) is 17.9 Å². The van der Waals surface area contributed by atoms with Gasteiger partial charge >= 0.3 is 0 Å². The fraction of sp³-hybridized carbons (Fsp3) is 0.700. The highest BCUT2D eigenvalue weighted by Crippen LogP contribution is 2.46. The molecule has 3 heteroatoms. The molecule has 0 bridgehead atoms. The van der Waals surface area contributed by atoms with Crippen molar-refractivity contribution in [2.45, 2.75) is 77.5 Å². The first-order valence-corrected chi connectivity index (χ1v) is 9.03. The summed E-state index contributed by atoms with van der Waals surface area (Å²) in [6.07, 6.45) is 3.19. The Morgan fingerprint density at radius 2 is 1.96 bits per heavy atom. The molecular weight excluding hydrogens is 286 g/mol. The van der Waals surface area contributed by atoms with Crippen molar-refractivity contribution in [3.8, 4) is 0 Å². The van der Waals surface area contributed by atoms with Gasteiger partial charge < -0.3 is 9.84 Å². The molecule has 1 heterocycles. The van der Waals surface area contributed by atoms with Crippen LogP contribution < -0.4 is 0 Å². The van der Waals surface area contributed by atoms with E-state index in [1.54, 1.807) is 0 Å². The lowest BCUT2D eigenvalue weighted by Gasteiger charge is -2.58. The Labute approximate surface area is 140 Å². The van der Waals surface area contributed by atoms with E-state index >= 15 is 0 Å². The maximum absolute atomic E-state index is 10.3. The lowest BCUT2D eigenvalue weighted by atomic mass is 9.69. The van der Waals surface area contributed by atoms with Crippen LogP contribution in [0.4, 0.5) is 0 Å². The number of nitrogens with zero attached hydrogens (tertiary/aromatic N) is 1. The molecule has 0 amide bonds. The molecule has 128 valence electrons. The first-order valence-electron chi connectivity index (χ1n) is 9.03. The summed E-state index contributed by atoms with van der Waals surface area (Å²) in [5.74, 6) is 1.26. The highest BCUT2D eigenvalue weighted by Gasteiger charge is 2.51. The highest BCUT2D eigenvalue weighted by atomic mass is 16.5. The molecule has 1 aliphatic carbocycles. The van der Waals surface area contributed by atoms with Crippen LogP contribution >= 0.6 is 0 Å². The van der Waals surface area contributed by atoms with E-state index in [1.165, 1.54) is 18.4 Å². The Morgan fingerprint density at radius 3 is 2.61 bits per heavy atom. The van der Waals surface area contributed by atoms with Crippen molar-refractivity contribution in [1.29, 1.82) is 0 Å². The third kappa shape index (κ3) is 3.33. The van der Waals surface area contributed by atoms with Crippen LogP contribution in [0, 0.1) is 11.8 Å². The Morgan fingerprint density at radius 1 is 1.26 bits per heavy atom. The maximum atomic E-state index is 10.3. The summed E-state index contributed by atoms with van der Waals surface area (Å²) in [6, 6.07) is 10.5. The number of rotatable bonds is 3. The van der Waals surface area contributed by atoms with E-state index in [4.69, 9.17) is 4.74 Å². The molecular formula is C20H31NO2.